The second-order valence-corrected chi connectivity index (χ2v) is 8.91. The van der Waals surface area contributed by atoms with Crippen LogP contribution in [0.15, 0.2) is 91.0 Å². The molecule has 2 fully saturated rings. The van der Waals surface area contributed by atoms with Gasteiger partial charge in [-0.05, 0) is 42.5 Å². The summed E-state index contributed by atoms with van der Waals surface area (Å²) in [5, 5.41) is 0. The Balaban J connectivity index is 1.45. The van der Waals surface area contributed by atoms with Gasteiger partial charge < -0.3 is 0 Å². The van der Waals surface area contributed by atoms with E-state index in [1.807, 2.05) is 0 Å². The first kappa shape index (κ1) is 19.5. The molecule has 3 atom stereocenters. The van der Waals surface area contributed by atoms with Crippen LogP contribution < -0.4 is 0 Å². The third kappa shape index (κ3) is 4.21. The average Bonchev–Trinajstić information content (AvgIpc) is 3.20. The van der Waals surface area contributed by atoms with Gasteiger partial charge in [0.1, 0.15) is 0 Å². The third-order valence-corrected chi connectivity index (χ3v) is 7.01. The maximum absolute atomic E-state index is 2.83. The van der Waals surface area contributed by atoms with Crippen molar-refractivity contribution in [1.29, 1.82) is 0 Å². The Hall–Kier alpha value is -2.42. The number of piperidine rings is 1. The van der Waals surface area contributed by atoms with Crippen LogP contribution in [0.25, 0.3) is 0 Å². The SMILES string of the molecule is c1ccc(CN(Cc2ccccc2)C2CC(c3ccccc3)N3CCCCC23)cc1. The Bertz CT molecular complexity index is 868. The van der Waals surface area contributed by atoms with Crippen molar-refractivity contribution < 1.29 is 0 Å². The summed E-state index contributed by atoms with van der Waals surface area (Å²) in [6.07, 6.45) is 5.26. The highest BCUT2D eigenvalue weighted by atomic mass is 15.3. The van der Waals surface area contributed by atoms with E-state index in [2.05, 4.69) is 101 Å². The highest BCUT2D eigenvalue weighted by Crippen LogP contribution is 2.43. The fourth-order valence-electron chi connectivity index (χ4n) is 5.62. The molecule has 0 amide bonds. The van der Waals surface area contributed by atoms with Gasteiger partial charge in [0.25, 0.3) is 0 Å². The van der Waals surface area contributed by atoms with Crippen molar-refractivity contribution in [2.24, 2.45) is 0 Å². The standard InChI is InChI=1S/C28H32N2/c1-4-12-23(13-5-1)21-29(22-24-14-6-2-7-15-24)28-20-27(25-16-8-3-9-17-25)30-19-11-10-18-26(28)30/h1-9,12-17,26-28H,10-11,18-22H2. The number of rotatable bonds is 6. The van der Waals surface area contributed by atoms with Crippen LogP contribution in [0.5, 0.6) is 0 Å². The van der Waals surface area contributed by atoms with Crippen LogP contribution in [0.3, 0.4) is 0 Å². The van der Waals surface area contributed by atoms with Gasteiger partial charge in [-0.15, -0.1) is 0 Å². The minimum atomic E-state index is 0.551. The topological polar surface area (TPSA) is 6.48 Å². The molecule has 3 aromatic carbocycles. The summed E-state index contributed by atoms with van der Waals surface area (Å²) in [6.45, 7) is 3.28. The Kier molecular flexibility index (Phi) is 5.96. The van der Waals surface area contributed by atoms with Crippen LogP contribution >= 0.6 is 0 Å². The fourth-order valence-corrected chi connectivity index (χ4v) is 5.62. The molecule has 2 heteroatoms. The number of hydrogen-bond acceptors (Lipinski definition) is 2. The number of hydrogen-bond donors (Lipinski definition) is 0. The monoisotopic (exact) mass is 396 g/mol. The van der Waals surface area contributed by atoms with Gasteiger partial charge in [-0.1, -0.05) is 97.4 Å². The first-order valence-electron chi connectivity index (χ1n) is 11.5. The molecule has 30 heavy (non-hydrogen) atoms. The molecule has 2 aliphatic heterocycles. The van der Waals surface area contributed by atoms with Gasteiger partial charge in [-0.25, -0.2) is 0 Å². The smallest absolute Gasteiger partial charge is 0.0367 e. The van der Waals surface area contributed by atoms with Gasteiger partial charge in [0.2, 0.25) is 0 Å². The highest BCUT2D eigenvalue weighted by Gasteiger charge is 2.44. The molecule has 0 radical (unpaired) electrons. The number of benzene rings is 3. The van der Waals surface area contributed by atoms with Crippen LogP contribution in [0.2, 0.25) is 0 Å². The highest BCUT2D eigenvalue weighted by molar-refractivity contribution is 5.23. The molecule has 2 saturated heterocycles. The summed E-state index contributed by atoms with van der Waals surface area (Å²) in [5.41, 5.74) is 4.32. The summed E-state index contributed by atoms with van der Waals surface area (Å²) in [6, 6.07) is 35.0. The normalized spacial score (nSPS) is 24.1. The zero-order valence-corrected chi connectivity index (χ0v) is 17.7. The lowest BCUT2D eigenvalue weighted by molar-refractivity contribution is 0.0921. The molecule has 3 unspecified atom stereocenters. The largest absolute Gasteiger partial charge is 0.292 e. The lowest BCUT2D eigenvalue weighted by Crippen LogP contribution is -2.46. The number of nitrogens with zero attached hydrogens (tertiary/aromatic N) is 2. The molecule has 2 nitrogen and oxygen atoms in total. The summed E-state index contributed by atoms with van der Waals surface area (Å²) in [4.78, 5) is 5.59. The van der Waals surface area contributed by atoms with Gasteiger partial charge in [-0.2, -0.15) is 0 Å². The minimum Gasteiger partial charge on any atom is -0.292 e. The van der Waals surface area contributed by atoms with Crippen molar-refractivity contribution >= 4 is 0 Å². The average molecular weight is 397 g/mol. The zero-order chi connectivity index (χ0) is 20.2. The van der Waals surface area contributed by atoms with Gasteiger partial charge in [0, 0.05) is 31.2 Å². The molecule has 2 heterocycles. The maximum Gasteiger partial charge on any atom is 0.0367 e. The van der Waals surface area contributed by atoms with Crippen molar-refractivity contribution in [3.8, 4) is 0 Å². The Morgan fingerprint density at radius 3 is 1.87 bits per heavy atom. The Morgan fingerprint density at radius 1 is 0.700 bits per heavy atom. The molecule has 0 bridgehead atoms. The lowest BCUT2D eigenvalue weighted by Gasteiger charge is -2.39. The van der Waals surface area contributed by atoms with Crippen molar-refractivity contribution in [1.82, 2.24) is 9.80 Å². The van der Waals surface area contributed by atoms with E-state index in [0.717, 1.165) is 13.1 Å². The maximum atomic E-state index is 2.83. The lowest BCUT2D eigenvalue weighted by atomic mass is 9.96. The third-order valence-electron chi connectivity index (χ3n) is 7.01. The van der Waals surface area contributed by atoms with E-state index >= 15 is 0 Å². The first-order valence-corrected chi connectivity index (χ1v) is 11.5. The predicted molar refractivity (Wildman–Crippen MR) is 124 cm³/mol. The van der Waals surface area contributed by atoms with Gasteiger partial charge in [0.05, 0.1) is 0 Å². The molecule has 2 aliphatic rings. The minimum absolute atomic E-state index is 0.551. The van der Waals surface area contributed by atoms with Gasteiger partial charge in [-0.3, -0.25) is 9.80 Å². The fraction of sp³-hybridized carbons (Fsp3) is 0.357. The predicted octanol–water partition coefficient (Wildman–Crippen LogP) is 6.06. The van der Waals surface area contributed by atoms with E-state index in [0.29, 0.717) is 18.1 Å². The van der Waals surface area contributed by atoms with Crippen LogP contribution in [-0.4, -0.2) is 28.4 Å². The van der Waals surface area contributed by atoms with Crippen LogP contribution in [0.1, 0.15) is 48.4 Å². The molecule has 0 aliphatic carbocycles. The van der Waals surface area contributed by atoms with Crippen LogP contribution in [0, 0.1) is 0 Å². The van der Waals surface area contributed by atoms with Crippen molar-refractivity contribution in [2.75, 3.05) is 6.54 Å². The molecular weight excluding hydrogens is 364 g/mol. The van der Waals surface area contributed by atoms with Crippen LogP contribution in [0.4, 0.5) is 0 Å². The molecule has 3 aromatic rings. The molecule has 154 valence electrons. The number of fused-ring (bicyclic) bond motifs is 1. The van der Waals surface area contributed by atoms with Gasteiger partial charge >= 0.3 is 0 Å². The summed E-state index contributed by atoms with van der Waals surface area (Å²) in [7, 11) is 0. The van der Waals surface area contributed by atoms with E-state index in [1.165, 1.54) is 48.9 Å². The van der Waals surface area contributed by atoms with E-state index in [9.17, 15) is 0 Å². The molecule has 0 spiro atoms. The molecule has 5 rings (SSSR count). The molecule has 0 saturated carbocycles. The summed E-state index contributed by atoms with van der Waals surface area (Å²) < 4.78 is 0. The summed E-state index contributed by atoms with van der Waals surface area (Å²) >= 11 is 0. The first-order chi connectivity index (χ1) is 14.9. The Labute approximate surface area is 181 Å². The van der Waals surface area contributed by atoms with E-state index in [4.69, 9.17) is 0 Å². The Morgan fingerprint density at radius 2 is 1.27 bits per heavy atom. The second kappa shape index (κ2) is 9.16. The summed E-state index contributed by atoms with van der Waals surface area (Å²) in [5.74, 6) is 0. The van der Waals surface area contributed by atoms with Crippen molar-refractivity contribution in [2.45, 2.75) is 56.9 Å². The van der Waals surface area contributed by atoms with Crippen LogP contribution in [-0.2, 0) is 13.1 Å². The van der Waals surface area contributed by atoms with Crippen molar-refractivity contribution in [3.63, 3.8) is 0 Å². The van der Waals surface area contributed by atoms with E-state index in [-0.39, 0.29) is 0 Å². The second-order valence-electron chi connectivity index (χ2n) is 8.91. The molecule has 0 aromatic heterocycles. The van der Waals surface area contributed by atoms with E-state index in [1.54, 1.807) is 0 Å². The molecule has 0 N–H and O–H groups in total. The zero-order valence-electron chi connectivity index (χ0n) is 17.7. The molecular formula is C28H32N2. The van der Waals surface area contributed by atoms with Gasteiger partial charge in [0.15, 0.2) is 0 Å². The van der Waals surface area contributed by atoms with Crippen molar-refractivity contribution in [3.05, 3.63) is 108 Å². The van der Waals surface area contributed by atoms with E-state index < -0.39 is 0 Å². The quantitative estimate of drug-likeness (QED) is 0.500.